The van der Waals surface area contributed by atoms with Gasteiger partial charge in [0.1, 0.15) is 0 Å². The summed E-state index contributed by atoms with van der Waals surface area (Å²) >= 11 is -3.29. The summed E-state index contributed by atoms with van der Waals surface area (Å²) < 4.78 is 0. The summed E-state index contributed by atoms with van der Waals surface area (Å²) in [7, 11) is 20.1. The van der Waals surface area contributed by atoms with E-state index in [1.54, 1.807) is 0 Å². The second-order valence-electron chi connectivity index (χ2n) is 0.429. The molecule has 0 saturated carbocycles. The molecule has 0 rings (SSSR count). The Balaban J connectivity index is 0. The summed E-state index contributed by atoms with van der Waals surface area (Å²) in [6.07, 6.45) is 0. The van der Waals surface area contributed by atoms with E-state index in [0.717, 1.165) is 0 Å². The molecule has 0 N–H and O–H groups in total. The van der Waals surface area contributed by atoms with Gasteiger partial charge in [0.05, 0.1) is 0 Å². The minimum atomic E-state index is -3.29. The molecule has 0 radical (unpaired) electrons. The maximum absolute atomic E-state index is 5.04. The third kappa shape index (κ3) is 30.8. The van der Waals surface area contributed by atoms with Gasteiger partial charge in [-0.05, 0) is 0 Å². The van der Waals surface area contributed by atoms with E-state index in [0.29, 0.717) is 0 Å². The quantitative estimate of drug-likeness (QED) is 0.582. The van der Waals surface area contributed by atoms with Gasteiger partial charge in [-0.1, -0.05) is 0 Å². The summed E-state index contributed by atoms with van der Waals surface area (Å²) in [5, 5.41) is 0. The molecular weight excluding hydrogens is 260 g/mol. The normalized spacial score (nSPS) is 10.0. The summed E-state index contributed by atoms with van der Waals surface area (Å²) in [4.78, 5) is 0. The van der Waals surface area contributed by atoms with Crippen LogP contribution in [0.25, 0.3) is 0 Å². The van der Waals surface area contributed by atoms with Gasteiger partial charge in [0.15, 0.2) is 17.4 Å². The van der Waals surface area contributed by atoms with Crippen LogP contribution >= 0.6 is 34.1 Å². The van der Waals surface area contributed by atoms with E-state index in [4.69, 9.17) is 34.1 Å². The molecule has 0 aliphatic rings. The van der Waals surface area contributed by atoms with Crippen molar-refractivity contribution in [1.29, 1.82) is 0 Å². The molecule has 0 heterocycles. The number of hydrogen-bond acceptors (Lipinski definition) is 0. The number of rotatable bonds is 0. The molecule has 0 amide bonds. The molecule has 6 heteroatoms. The average Bonchev–Trinajstić information content (AvgIpc) is 0.722. The first-order chi connectivity index (χ1) is 2.00. The Hall–Kier alpha value is 2.58. The molecular formula is H3AlCl4Zr. The van der Waals surface area contributed by atoms with Gasteiger partial charge < -0.3 is 0 Å². The first-order valence-electron chi connectivity index (χ1n) is 0.756. The Morgan fingerprint density at radius 2 is 0.833 bits per heavy atom. The van der Waals surface area contributed by atoms with Crippen LogP contribution in [0.2, 0.25) is 0 Å². The van der Waals surface area contributed by atoms with Crippen molar-refractivity contribution in [3.63, 3.8) is 0 Å². The van der Waals surface area contributed by atoms with E-state index < -0.39 is 15.5 Å². The van der Waals surface area contributed by atoms with Crippen LogP contribution in [0.5, 0.6) is 0 Å². The van der Waals surface area contributed by atoms with E-state index in [1.165, 1.54) is 0 Å². The maximum atomic E-state index is 5.04. The van der Waals surface area contributed by atoms with Crippen molar-refractivity contribution >= 4 is 51.4 Å². The summed E-state index contributed by atoms with van der Waals surface area (Å²) in [6.45, 7) is 0. The van der Waals surface area contributed by atoms with Gasteiger partial charge in [-0.15, -0.1) is 0 Å². The van der Waals surface area contributed by atoms with E-state index >= 15 is 0 Å². The third-order valence-corrected chi connectivity index (χ3v) is 0. The van der Waals surface area contributed by atoms with E-state index in [9.17, 15) is 0 Å². The SMILES string of the molecule is [AlH3].[Cl][Zr]([Cl])([Cl])[Cl]. The van der Waals surface area contributed by atoms with Crippen LogP contribution in [-0.2, 0) is 15.5 Å². The Bertz CT molecular complexity index is 23.0. The molecule has 6 heavy (non-hydrogen) atoms. The predicted octanol–water partition coefficient (Wildman–Crippen LogP) is 1.57. The third-order valence-electron chi connectivity index (χ3n) is 0. The van der Waals surface area contributed by atoms with Gasteiger partial charge in [0.2, 0.25) is 0 Å². The summed E-state index contributed by atoms with van der Waals surface area (Å²) in [5.74, 6) is 0. The molecule has 0 aliphatic carbocycles. The Morgan fingerprint density at radius 3 is 0.833 bits per heavy atom. The van der Waals surface area contributed by atoms with Gasteiger partial charge in [-0.3, -0.25) is 0 Å². The monoisotopic (exact) mass is 260 g/mol. The van der Waals surface area contributed by atoms with Crippen molar-refractivity contribution in [3.8, 4) is 0 Å². The molecule has 0 saturated heterocycles. The Morgan fingerprint density at radius 1 is 0.833 bits per heavy atom. The fourth-order valence-electron chi connectivity index (χ4n) is 0. The molecule has 0 nitrogen and oxygen atoms in total. The number of hydrogen-bond donors (Lipinski definition) is 0. The molecule has 0 aromatic heterocycles. The van der Waals surface area contributed by atoms with Gasteiger partial charge in [-0.2, -0.15) is 0 Å². The molecule has 0 aromatic carbocycles. The molecule has 38 valence electrons. The van der Waals surface area contributed by atoms with Crippen LogP contribution in [0.15, 0.2) is 0 Å². The van der Waals surface area contributed by atoms with Crippen LogP contribution in [-0.4, -0.2) is 17.4 Å². The Kier molecular flexibility index (Phi) is 8.45. The minimum absolute atomic E-state index is 0. The van der Waals surface area contributed by atoms with Gasteiger partial charge in [0.25, 0.3) is 0 Å². The molecule has 0 fully saturated rings. The topological polar surface area (TPSA) is 0 Å². The zero-order chi connectivity index (χ0) is 4.50. The van der Waals surface area contributed by atoms with Crippen LogP contribution in [0, 0.1) is 0 Å². The van der Waals surface area contributed by atoms with Gasteiger partial charge in [-0.25, -0.2) is 0 Å². The van der Waals surface area contributed by atoms with Crippen molar-refractivity contribution in [2.45, 2.75) is 0 Å². The van der Waals surface area contributed by atoms with E-state index in [2.05, 4.69) is 0 Å². The van der Waals surface area contributed by atoms with E-state index in [1.807, 2.05) is 0 Å². The van der Waals surface area contributed by atoms with Crippen LogP contribution in [0.4, 0.5) is 0 Å². The Labute approximate surface area is 65.8 Å². The fraction of sp³-hybridized carbons (Fsp3) is 0. The van der Waals surface area contributed by atoms with Crippen LogP contribution in [0.3, 0.4) is 0 Å². The average molecular weight is 263 g/mol. The first kappa shape index (κ1) is 11.4. The second-order valence-corrected chi connectivity index (χ2v) is 22.8. The van der Waals surface area contributed by atoms with Crippen LogP contribution in [0.1, 0.15) is 0 Å². The predicted molar refractivity (Wildman–Crippen MR) is 33.4 cm³/mol. The molecule has 0 spiro atoms. The molecule has 0 unspecified atom stereocenters. The van der Waals surface area contributed by atoms with E-state index in [-0.39, 0.29) is 17.4 Å². The van der Waals surface area contributed by atoms with Crippen LogP contribution < -0.4 is 0 Å². The summed E-state index contributed by atoms with van der Waals surface area (Å²) in [5.41, 5.74) is 0. The van der Waals surface area contributed by atoms with Crippen molar-refractivity contribution < 1.29 is 15.5 Å². The molecule has 0 aromatic rings. The van der Waals surface area contributed by atoms with Crippen molar-refractivity contribution in [2.24, 2.45) is 0 Å². The van der Waals surface area contributed by atoms with Crippen molar-refractivity contribution in [3.05, 3.63) is 0 Å². The second kappa shape index (κ2) is 4.45. The van der Waals surface area contributed by atoms with Crippen molar-refractivity contribution in [2.75, 3.05) is 0 Å². The standard InChI is InChI=1S/Al.4ClH.Zr.3H/h;4*1H;;;;/q;;;;;+4;;;/p-4. The number of halogens is 4. The molecule has 0 bridgehead atoms. The van der Waals surface area contributed by atoms with Gasteiger partial charge >= 0.3 is 49.5 Å². The zero-order valence-corrected chi connectivity index (χ0v) is 7.49. The molecule has 0 aliphatic heterocycles. The fourth-order valence-corrected chi connectivity index (χ4v) is 0. The molecule has 0 atom stereocenters. The van der Waals surface area contributed by atoms with Crippen molar-refractivity contribution in [1.82, 2.24) is 0 Å². The summed E-state index contributed by atoms with van der Waals surface area (Å²) in [6, 6.07) is 0. The first-order valence-corrected chi connectivity index (χ1v) is 13.4. The van der Waals surface area contributed by atoms with Gasteiger partial charge in [0, 0.05) is 0 Å². The zero-order valence-electron chi connectivity index (χ0n) is 2.01.